The van der Waals surface area contributed by atoms with Crippen molar-refractivity contribution >= 4 is 23.3 Å². The summed E-state index contributed by atoms with van der Waals surface area (Å²) in [5.74, 6) is 3.15. The van der Waals surface area contributed by atoms with Gasteiger partial charge in [0.2, 0.25) is 0 Å². The van der Waals surface area contributed by atoms with Gasteiger partial charge in [0.1, 0.15) is 16.4 Å². The molecule has 9 rings (SSSR count). The van der Waals surface area contributed by atoms with E-state index in [4.69, 9.17) is 16.3 Å². The lowest BCUT2D eigenvalue weighted by Gasteiger charge is -2.74. The number of piperidine rings is 1. The number of halogens is 1. The third-order valence-corrected chi connectivity index (χ3v) is 9.97. The van der Waals surface area contributed by atoms with Crippen molar-refractivity contribution < 1.29 is 9.53 Å². The van der Waals surface area contributed by atoms with Gasteiger partial charge in [0, 0.05) is 25.0 Å². The lowest BCUT2D eigenvalue weighted by atomic mass is 9.29. The Balaban J connectivity index is 1.06. The van der Waals surface area contributed by atoms with Crippen molar-refractivity contribution in [1.82, 2.24) is 20.4 Å². The second-order valence-electron chi connectivity index (χ2n) is 10.7. The van der Waals surface area contributed by atoms with Crippen molar-refractivity contribution in [3.8, 4) is 0 Å². The van der Waals surface area contributed by atoms with Crippen molar-refractivity contribution in [3.63, 3.8) is 0 Å². The van der Waals surface area contributed by atoms with Crippen LogP contribution in [0.2, 0.25) is 5.02 Å². The molecule has 1 aromatic rings. The molecule has 0 radical (unpaired) electrons. The van der Waals surface area contributed by atoms with Gasteiger partial charge < -0.3 is 20.7 Å². The van der Waals surface area contributed by atoms with E-state index in [9.17, 15) is 4.79 Å². The molecule has 30 heavy (non-hydrogen) atoms. The van der Waals surface area contributed by atoms with E-state index < -0.39 is 0 Å². The number of rotatable bonds is 5. The highest BCUT2D eigenvalue weighted by Crippen LogP contribution is 2.86. The van der Waals surface area contributed by atoms with Crippen molar-refractivity contribution in [2.24, 2.45) is 36.1 Å². The molecule has 8 aliphatic rings. The summed E-state index contributed by atoms with van der Waals surface area (Å²) < 4.78 is 7.85. The van der Waals surface area contributed by atoms with Crippen LogP contribution >= 0.6 is 11.6 Å². The van der Waals surface area contributed by atoms with Crippen LogP contribution in [0.5, 0.6) is 0 Å². The third kappa shape index (κ3) is 2.10. The maximum absolute atomic E-state index is 13.2. The molecule has 8 atom stereocenters. The molecule has 1 amide bonds. The molecule has 8 fully saturated rings. The summed E-state index contributed by atoms with van der Waals surface area (Å²) in [6, 6.07) is 0.251. The number of anilines is 1. The molecular weight excluding hydrogens is 402 g/mol. The Kier molecular flexibility index (Phi) is 3.61. The SMILES string of the molecule is Cn1nc(C(=O)N[C@@H]2C3CC4CC2C42CC4O[C@@]42C3)c(Cl)c1NC[C@H]1CCCNC1. The maximum atomic E-state index is 13.2. The van der Waals surface area contributed by atoms with Crippen LogP contribution in [0.3, 0.4) is 0 Å². The number of hydrogen-bond acceptors (Lipinski definition) is 5. The van der Waals surface area contributed by atoms with Gasteiger partial charge in [-0.15, -0.1) is 0 Å². The minimum absolute atomic E-state index is 0.123. The average molecular weight is 432 g/mol. The van der Waals surface area contributed by atoms with Crippen LogP contribution in [0.25, 0.3) is 0 Å². The molecule has 2 aliphatic heterocycles. The fourth-order valence-electron chi connectivity index (χ4n) is 8.23. The van der Waals surface area contributed by atoms with E-state index in [1.165, 1.54) is 32.1 Å². The van der Waals surface area contributed by atoms with E-state index in [2.05, 4.69) is 21.0 Å². The van der Waals surface area contributed by atoms with Crippen LogP contribution in [0.4, 0.5) is 5.82 Å². The van der Waals surface area contributed by atoms with Gasteiger partial charge in [0.05, 0.1) is 6.10 Å². The fraction of sp³-hybridized carbons (Fsp3) is 0.818. The molecule has 6 saturated carbocycles. The number of nitrogens with zero attached hydrogens (tertiary/aromatic N) is 2. The van der Waals surface area contributed by atoms with Crippen molar-refractivity contribution in [3.05, 3.63) is 10.7 Å². The first kappa shape index (κ1) is 18.3. The van der Waals surface area contributed by atoms with Crippen LogP contribution in [-0.4, -0.2) is 53.1 Å². The van der Waals surface area contributed by atoms with E-state index in [0.29, 0.717) is 40.0 Å². The van der Waals surface area contributed by atoms with Crippen molar-refractivity contribution in [2.75, 3.05) is 25.0 Å². The summed E-state index contributed by atoms with van der Waals surface area (Å²) in [4.78, 5) is 13.2. The van der Waals surface area contributed by atoms with Gasteiger partial charge in [-0.2, -0.15) is 5.10 Å². The standard InChI is InChI=1S/C22H30ClN5O2/c1-28-19(25-10-11-3-2-4-24-9-11)16(23)18(27-28)20(29)26-17-12-5-13-6-14(17)21(13)8-15-22(21,7-12)30-15/h11-15,17,24-25H,2-10H2,1H3,(H,26,29)/t11-,12?,13?,14?,15?,17+,21?,22-/m0/s1. The zero-order valence-electron chi connectivity index (χ0n) is 17.4. The predicted octanol–water partition coefficient (Wildman–Crippen LogP) is 2.17. The van der Waals surface area contributed by atoms with Crippen LogP contribution in [0, 0.1) is 29.1 Å². The monoisotopic (exact) mass is 431 g/mol. The molecule has 1 aromatic heterocycles. The summed E-state index contributed by atoms with van der Waals surface area (Å²) >= 11 is 6.63. The highest BCUT2D eigenvalue weighted by Gasteiger charge is 2.90. The molecule has 3 heterocycles. The number of ether oxygens (including phenoxy) is 1. The van der Waals surface area contributed by atoms with Crippen LogP contribution in [0.1, 0.15) is 49.0 Å². The van der Waals surface area contributed by atoms with Crippen LogP contribution in [0.15, 0.2) is 0 Å². The smallest absolute Gasteiger partial charge is 0.273 e. The maximum Gasteiger partial charge on any atom is 0.273 e. The molecule has 162 valence electrons. The highest BCUT2D eigenvalue weighted by molar-refractivity contribution is 6.36. The van der Waals surface area contributed by atoms with E-state index in [1.54, 1.807) is 4.68 Å². The van der Waals surface area contributed by atoms with E-state index in [-0.39, 0.29) is 17.6 Å². The minimum atomic E-state index is -0.123. The summed E-state index contributed by atoms with van der Waals surface area (Å²) in [5, 5.41) is 15.2. The van der Waals surface area contributed by atoms with Crippen molar-refractivity contribution in [1.29, 1.82) is 0 Å². The van der Waals surface area contributed by atoms with Crippen LogP contribution in [-0.2, 0) is 11.8 Å². The summed E-state index contributed by atoms with van der Waals surface area (Å²) in [5.41, 5.74) is 0.930. The highest BCUT2D eigenvalue weighted by atomic mass is 35.5. The van der Waals surface area contributed by atoms with E-state index in [0.717, 1.165) is 37.8 Å². The summed E-state index contributed by atoms with van der Waals surface area (Å²) in [6.45, 7) is 2.97. The predicted molar refractivity (Wildman–Crippen MR) is 113 cm³/mol. The second-order valence-corrected chi connectivity index (χ2v) is 11.1. The number of amides is 1. The van der Waals surface area contributed by atoms with Crippen molar-refractivity contribution in [2.45, 2.75) is 56.3 Å². The van der Waals surface area contributed by atoms with Gasteiger partial charge >= 0.3 is 0 Å². The fourth-order valence-corrected chi connectivity index (χ4v) is 8.54. The first-order valence-corrected chi connectivity index (χ1v) is 12.1. The Morgan fingerprint density at radius 1 is 1.40 bits per heavy atom. The lowest BCUT2D eigenvalue weighted by Crippen LogP contribution is -2.78. The minimum Gasteiger partial charge on any atom is -0.369 e. The van der Waals surface area contributed by atoms with Gasteiger partial charge in [-0.3, -0.25) is 9.48 Å². The molecule has 2 saturated heterocycles. The topological polar surface area (TPSA) is 83.5 Å². The van der Waals surface area contributed by atoms with E-state index >= 15 is 0 Å². The summed E-state index contributed by atoms with van der Waals surface area (Å²) in [7, 11) is 1.85. The van der Waals surface area contributed by atoms with Gasteiger partial charge in [-0.1, -0.05) is 11.6 Å². The number of epoxide rings is 1. The molecule has 0 aromatic carbocycles. The number of carbonyl (C=O) groups excluding carboxylic acids is 1. The molecule has 4 bridgehead atoms. The number of aryl methyl sites for hydroxylation is 1. The number of aromatic nitrogens is 2. The largest absolute Gasteiger partial charge is 0.369 e. The van der Waals surface area contributed by atoms with E-state index in [1.807, 2.05) is 7.05 Å². The molecule has 7 nitrogen and oxygen atoms in total. The zero-order valence-corrected chi connectivity index (χ0v) is 18.2. The number of nitrogens with one attached hydrogen (secondary N) is 3. The van der Waals surface area contributed by atoms with Gasteiger partial charge in [-0.25, -0.2) is 0 Å². The quantitative estimate of drug-likeness (QED) is 0.622. The Labute approximate surface area is 181 Å². The van der Waals surface area contributed by atoms with Gasteiger partial charge in [0.25, 0.3) is 5.91 Å². The Hall–Kier alpha value is -1.31. The number of carbonyl (C=O) groups is 1. The normalized spacial score (nSPS) is 46.9. The zero-order chi connectivity index (χ0) is 20.3. The number of hydrogen-bond donors (Lipinski definition) is 3. The lowest BCUT2D eigenvalue weighted by molar-refractivity contribution is -0.245. The molecule has 8 heteroatoms. The molecular formula is C22H30ClN5O2. The second kappa shape index (κ2) is 5.93. The molecule has 2 spiro atoms. The first-order valence-electron chi connectivity index (χ1n) is 11.7. The van der Waals surface area contributed by atoms with Crippen LogP contribution < -0.4 is 16.0 Å². The Bertz CT molecular complexity index is 929. The third-order valence-electron chi connectivity index (χ3n) is 9.61. The Morgan fingerprint density at radius 2 is 2.30 bits per heavy atom. The Morgan fingerprint density at radius 3 is 3.07 bits per heavy atom. The molecule has 6 aliphatic carbocycles. The van der Waals surface area contributed by atoms with Gasteiger partial charge in [-0.05, 0) is 75.3 Å². The van der Waals surface area contributed by atoms with Gasteiger partial charge in [0.15, 0.2) is 5.69 Å². The molecule has 3 N–H and O–H groups in total. The summed E-state index contributed by atoms with van der Waals surface area (Å²) in [6.07, 6.45) is 7.79. The average Bonchev–Trinajstić information content (AvgIpc) is 3.12. The first-order chi connectivity index (χ1) is 14.5. The molecule has 5 unspecified atom stereocenters.